The Kier molecular flexibility index (Phi) is 1.83. The molecule has 0 aliphatic heterocycles. The minimum Gasteiger partial charge on any atom is -0.460 e. The van der Waals surface area contributed by atoms with Gasteiger partial charge < -0.3 is 4.74 Å². The van der Waals surface area contributed by atoms with E-state index in [9.17, 15) is 4.79 Å². The topological polar surface area (TPSA) is 26.3 Å². The van der Waals surface area contributed by atoms with Crippen LogP contribution in [-0.2, 0) is 9.53 Å². The van der Waals surface area contributed by atoms with Gasteiger partial charge in [-0.2, -0.15) is 0 Å². The van der Waals surface area contributed by atoms with Crippen LogP contribution in [0, 0.1) is 11.3 Å². The van der Waals surface area contributed by atoms with Crippen molar-refractivity contribution >= 4 is 21.9 Å². The Morgan fingerprint density at radius 1 is 1.46 bits per heavy atom. The minimum absolute atomic E-state index is 0.0145. The van der Waals surface area contributed by atoms with Crippen LogP contribution in [0.5, 0.6) is 0 Å². The van der Waals surface area contributed by atoms with Crippen molar-refractivity contribution in [1.29, 1.82) is 0 Å². The van der Waals surface area contributed by atoms with Crippen LogP contribution in [0.25, 0.3) is 0 Å². The molecule has 2 rings (SSSR count). The number of carbonyl (C=O) groups excluding carboxylic acids is 1. The Balaban J connectivity index is 1.94. The molecule has 0 aromatic heterocycles. The summed E-state index contributed by atoms with van der Waals surface area (Å²) in [6, 6.07) is 0. The Hall–Kier alpha value is -0.0500. The van der Waals surface area contributed by atoms with Gasteiger partial charge in [0, 0.05) is 4.83 Å². The second kappa shape index (κ2) is 2.50. The van der Waals surface area contributed by atoms with Crippen molar-refractivity contribution in [1.82, 2.24) is 0 Å². The number of esters is 1. The van der Waals surface area contributed by atoms with Gasteiger partial charge in [-0.15, -0.1) is 0 Å². The number of hydrogen-bond donors (Lipinski definition) is 0. The van der Waals surface area contributed by atoms with Crippen molar-refractivity contribution in [3.05, 3.63) is 0 Å². The lowest BCUT2D eigenvalue weighted by molar-refractivity contribution is -0.164. The third kappa shape index (κ3) is 1.41. The smallest absolute Gasteiger partial charge is 0.312 e. The van der Waals surface area contributed by atoms with Gasteiger partial charge in [-0.1, -0.05) is 15.9 Å². The first-order valence-electron chi connectivity index (χ1n) is 4.73. The van der Waals surface area contributed by atoms with Crippen molar-refractivity contribution in [3.8, 4) is 0 Å². The van der Waals surface area contributed by atoms with E-state index in [-0.39, 0.29) is 17.0 Å². The number of carbonyl (C=O) groups is 1. The van der Waals surface area contributed by atoms with Crippen molar-refractivity contribution in [2.45, 2.75) is 44.0 Å². The monoisotopic (exact) mass is 246 g/mol. The summed E-state index contributed by atoms with van der Waals surface area (Å²) in [6.45, 7) is 5.76. The summed E-state index contributed by atoms with van der Waals surface area (Å²) in [5.74, 6) is 0.572. The zero-order chi connectivity index (χ0) is 9.85. The maximum absolute atomic E-state index is 11.7. The molecule has 0 amide bonds. The van der Waals surface area contributed by atoms with Crippen molar-refractivity contribution in [2.75, 3.05) is 0 Å². The van der Waals surface area contributed by atoms with Gasteiger partial charge in [-0.05, 0) is 39.5 Å². The summed E-state index contributed by atoms with van der Waals surface area (Å²) < 4.78 is 5.37. The number of halogens is 1. The van der Waals surface area contributed by atoms with E-state index in [1.165, 1.54) is 0 Å². The Labute approximate surface area is 87.2 Å². The van der Waals surface area contributed by atoms with Gasteiger partial charge in [0.25, 0.3) is 0 Å². The van der Waals surface area contributed by atoms with E-state index in [1.54, 1.807) is 0 Å². The largest absolute Gasteiger partial charge is 0.460 e. The van der Waals surface area contributed by atoms with E-state index >= 15 is 0 Å². The van der Waals surface area contributed by atoms with E-state index in [0.717, 1.165) is 12.8 Å². The van der Waals surface area contributed by atoms with Crippen LogP contribution in [-0.4, -0.2) is 16.4 Å². The van der Waals surface area contributed by atoms with Crippen LogP contribution in [0.15, 0.2) is 0 Å². The average Bonchev–Trinajstić information content (AvgIpc) is 2.53. The lowest BCUT2D eigenvalue weighted by Gasteiger charge is -2.31. The number of rotatable bonds is 1. The highest BCUT2D eigenvalue weighted by atomic mass is 79.9. The predicted molar refractivity (Wildman–Crippen MR) is 53.7 cm³/mol. The van der Waals surface area contributed by atoms with Crippen molar-refractivity contribution < 1.29 is 9.53 Å². The summed E-state index contributed by atoms with van der Waals surface area (Å²) in [7, 11) is 0. The quantitative estimate of drug-likeness (QED) is 0.525. The molecule has 2 nitrogen and oxygen atoms in total. The second-order valence-corrected chi connectivity index (χ2v) is 6.36. The lowest BCUT2D eigenvalue weighted by atomic mass is 9.84. The lowest BCUT2D eigenvalue weighted by Crippen LogP contribution is -2.38. The van der Waals surface area contributed by atoms with Gasteiger partial charge >= 0.3 is 5.97 Å². The fourth-order valence-corrected chi connectivity index (χ4v) is 3.34. The molecule has 2 aliphatic carbocycles. The third-order valence-electron chi connectivity index (χ3n) is 2.94. The van der Waals surface area contributed by atoms with Gasteiger partial charge in [0.1, 0.15) is 5.60 Å². The summed E-state index contributed by atoms with van der Waals surface area (Å²) >= 11 is 3.54. The molecule has 3 heteroatoms. The molecule has 3 atom stereocenters. The summed E-state index contributed by atoms with van der Waals surface area (Å²) in [6.07, 6.45) is 1.99. The summed E-state index contributed by atoms with van der Waals surface area (Å²) in [4.78, 5) is 12.3. The first-order valence-corrected chi connectivity index (χ1v) is 5.64. The SMILES string of the molecule is CC(C)(C)OC(=O)[C@@]12C[C@@H]1[C@@H](Br)C2. The molecule has 0 spiro atoms. The molecule has 0 saturated heterocycles. The van der Waals surface area contributed by atoms with Crippen LogP contribution >= 0.6 is 15.9 Å². The van der Waals surface area contributed by atoms with E-state index in [0.29, 0.717) is 10.7 Å². The minimum atomic E-state index is -0.337. The molecule has 2 fully saturated rings. The molecule has 0 bridgehead atoms. The second-order valence-electron chi connectivity index (χ2n) is 5.19. The predicted octanol–water partition coefficient (Wildman–Crippen LogP) is 2.50. The summed E-state index contributed by atoms with van der Waals surface area (Å²) in [5.41, 5.74) is -0.419. The van der Waals surface area contributed by atoms with Crippen LogP contribution in [0.2, 0.25) is 0 Å². The molecular weight excluding hydrogens is 232 g/mol. The first kappa shape index (κ1) is 9.50. The summed E-state index contributed by atoms with van der Waals surface area (Å²) in [5, 5.41) is 0. The highest BCUT2D eigenvalue weighted by Crippen LogP contribution is 2.70. The highest BCUT2D eigenvalue weighted by molar-refractivity contribution is 9.09. The number of ether oxygens (including phenoxy) is 1. The van der Waals surface area contributed by atoms with Crippen LogP contribution in [0.1, 0.15) is 33.6 Å². The molecule has 0 aromatic rings. The molecule has 13 heavy (non-hydrogen) atoms. The Morgan fingerprint density at radius 3 is 2.38 bits per heavy atom. The van der Waals surface area contributed by atoms with Crippen molar-refractivity contribution in [2.24, 2.45) is 11.3 Å². The fourth-order valence-electron chi connectivity index (χ4n) is 2.07. The van der Waals surface area contributed by atoms with Gasteiger partial charge in [0.2, 0.25) is 0 Å². The number of fused-ring (bicyclic) bond motifs is 1. The Morgan fingerprint density at radius 2 is 2.08 bits per heavy atom. The Bertz CT molecular complexity index is 256. The fraction of sp³-hybridized carbons (Fsp3) is 0.900. The molecule has 74 valence electrons. The van der Waals surface area contributed by atoms with E-state index in [2.05, 4.69) is 15.9 Å². The molecule has 0 heterocycles. The standard InChI is InChI=1S/C10H15BrO2/c1-9(2,3)13-8(12)10-4-6(10)7(11)5-10/h6-7H,4-5H2,1-3H3/t6-,7+,10-/m1/s1. The molecular formula is C10H15BrO2. The van der Waals surface area contributed by atoms with Gasteiger partial charge in [-0.3, -0.25) is 4.79 Å². The molecule has 0 unspecified atom stereocenters. The number of hydrogen-bond acceptors (Lipinski definition) is 2. The van der Waals surface area contributed by atoms with Crippen LogP contribution in [0.4, 0.5) is 0 Å². The van der Waals surface area contributed by atoms with Crippen LogP contribution in [0.3, 0.4) is 0 Å². The maximum Gasteiger partial charge on any atom is 0.312 e. The number of alkyl halides is 1. The molecule has 0 radical (unpaired) electrons. The van der Waals surface area contributed by atoms with Gasteiger partial charge in [-0.25, -0.2) is 0 Å². The zero-order valence-electron chi connectivity index (χ0n) is 8.26. The van der Waals surface area contributed by atoms with Crippen LogP contribution < -0.4 is 0 Å². The molecule has 0 N–H and O–H groups in total. The maximum atomic E-state index is 11.7. The average molecular weight is 247 g/mol. The first-order chi connectivity index (χ1) is 5.85. The third-order valence-corrected chi connectivity index (χ3v) is 3.90. The van der Waals surface area contributed by atoms with Gasteiger partial charge in [0.05, 0.1) is 5.41 Å². The van der Waals surface area contributed by atoms with E-state index < -0.39 is 0 Å². The van der Waals surface area contributed by atoms with Gasteiger partial charge in [0.15, 0.2) is 0 Å². The molecule has 2 saturated carbocycles. The van der Waals surface area contributed by atoms with E-state index in [4.69, 9.17) is 4.74 Å². The molecule has 2 aliphatic rings. The molecule has 0 aromatic carbocycles. The normalized spacial score (nSPS) is 41.8. The highest BCUT2D eigenvalue weighted by Gasteiger charge is 2.72. The zero-order valence-corrected chi connectivity index (χ0v) is 9.85. The van der Waals surface area contributed by atoms with E-state index in [1.807, 2.05) is 20.8 Å². The van der Waals surface area contributed by atoms with Crippen molar-refractivity contribution in [3.63, 3.8) is 0 Å².